The lowest BCUT2D eigenvalue weighted by Gasteiger charge is -2.08. The highest BCUT2D eigenvalue weighted by molar-refractivity contribution is 5.29. The van der Waals surface area contributed by atoms with Crippen molar-refractivity contribution in [3.8, 4) is 0 Å². The quantitative estimate of drug-likeness (QED) is 0.258. The summed E-state index contributed by atoms with van der Waals surface area (Å²) < 4.78 is 0. The Hall–Kier alpha value is -3.12. The van der Waals surface area contributed by atoms with Gasteiger partial charge in [-0.1, -0.05) is 97.1 Å². The number of aryl methyl sites for hydroxylation is 8. The molecule has 34 heavy (non-hydrogen) atoms. The van der Waals surface area contributed by atoms with Crippen molar-refractivity contribution in [2.45, 2.75) is 64.2 Å². The highest BCUT2D eigenvalue weighted by Crippen LogP contribution is 2.16. The Kier molecular flexibility index (Phi) is 7.56. The molecular weight excluding hydrogens is 408 g/mol. The van der Waals surface area contributed by atoms with Crippen LogP contribution in [0, 0.1) is 0 Å². The summed E-state index contributed by atoms with van der Waals surface area (Å²) in [6.45, 7) is 0. The van der Waals surface area contributed by atoms with E-state index in [1.54, 1.807) is 0 Å². The van der Waals surface area contributed by atoms with Gasteiger partial charge in [-0.3, -0.25) is 0 Å². The fourth-order valence-corrected chi connectivity index (χ4v) is 5.06. The van der Waals surface area contributed by atoms with Crippen LogP contribution in [0.3, 0.4) is 0 Å². The minimum absolute atomic E-state index is 1.11. The van der Waals surface area contributed by atoms with Crippen LogP contribution in [0.1, 0.15) is 57.3 Å². The van der Waals surface area contributed by atoms with Gasteiger partial charge in [-0.15, -0.1) is 0 Å². The van der Waals surface area contributed by atoms with Gasteiger partial charge in [0, 0.05) is 0 Å². The first-order chi connectivity index (χ1) is 16.8. The van der Waals surface area contributed by atoms with Crippen molar-refractivity contribution in [1.29, 1.82) is 0 Å². The molecule has 0 radical (unpaired) electrons. The zero-order valence-corrected chi connectivity index (χ0v) is 20.3. The minimum Gasteiger partial charge on any atom is -0.0588 e. The maximum atomic E-state index is 2.33. The molecule has 0 saturated carbocycles. The highest BCUT2D eigenvalue weighted by atomic mass is 14.1. The van der Waals surface area contributed by atoms with Crippen molar-refractivity contribution in [3.63, 3.8) is 0 Å². The molecule has 0 unspecified atom stereocenters. The molecule has 0 heteroatoms. The van der Waals surface area contributed by atoms with Crippen molar-refractivity contribution >= 4 is 0 Å². The second-order valence-corrected chi connectivity index (χ2v) is 9.97. The van der Waals surface area contributed by atoms with Gasteiger partial charge in [0.15, 0.2) is 0 Å². The average molecular weight is 445 g/mol. The van der Waals surface area contributed by atoms with E-state index in [0.29, 0.717) is 0 Å². The van der Waals surface area contributed by atoms with Gasteiger partial charge in [0.2, 0.25) is 0 Å². The molecule has 0 saturated heterocycles. The lowest BCUT2D eigenvalue weighted by Crippen LogP contribution is -1.96. The highest BCUT2D eigenvalue weighted by Gasteiger charge is 2.03. The van der Waals surface area contributed by atoms with Crippen LogP contribution in [0.4, 0.5) is 0 Å². The van der Waals surface area contributed by atoms with Gasteiger partial charge in [-0.05, 0) is 109 Å². The Morgan fingerprint density at radius 1 is 0.206 bits per heavy atom. The van der Waals surface area contributed by atoms with Crippen LogP contribution >= 0.6 is 0 Å². The van der Waals surface area contributed by atoms with Gasteiger partial charge in [-0.25, -0.2) is 0 Å². The van der Waals surface area contributed by atoms with E-state index < -0.39 is 0 Å². The Balaban J connectivity index is 1.28. The first-order valence-electron chi connectivity index (χ1n) is 13.1. The van der Waals surface area contributed by atoms with Crippen molar-refractivity contribution in [1.82, 2.24) is 0 Å². The second-order valence-electron chi connectivity index (χ2n) is 9.97. The third-order valence-electron chi connectivity index (χ3n) is 7.36. The molecule has 10 aliphatic carbocycles. The third kappa shape index (κ3) is 6.48. The van der Waals surface area contributed by atoms with Crippen molar-refractivity contribution in [2.75, 3.05) is 0 Å². The summed E-state index contributed by atoms with van der Waals surface area (Å²) in [5.74, 6) is 0. The number of hydrogen-bond donors (Lipinski definition) is 0. The summed E-state index contributed by atoms with van der Waals surface area (Å²) >= 11 is 0. The Morgan fingerprint density at radius 3 is 0.529 bits per heavy atom. The minimum atomic E-state index is 1.11. The molecule has 0 aromatic heterocycles. The van der Waals surface area contributed by atoms with Crippen LogP contribution in [0.2, 0.25) is 0 Å². The molecule has 0 heterocycles. The predicted molar refractivity (Wildman–Crippen MR) is 145 cm³/mol. The third-order valence-corrected chi connectivity index (χ3v) is 7.36. The number of benzene rings is 4. The molecule has 0 N–H and O–H groups in total. The molecule has 14 rings (SSSR count). The second kappa shape index (κ2) is 11.3. The molecule has 10 aliphatic rings. The van der Waals surface area contributed by atoms with Crippen LogP contribution in [0.5, 0.6) is 0 Å². The van der Waals surface area contributed by atoms with Crippen LogP contribution in [0.25, 0.3) is 0 Å². The molecular formula is C34H36. The predicted octanol–water partition coefficient (Wildman–Crippen LogP) is 7.92. The molecule has 0 atom stereocenters. The van der Waals surface area contributed by atoms with Crippen molar-refractivity contribution < 1.29 is 0 Å². The Morgan fingerprint density at radius 2 is 0.353 bits per heavy atom. The lowest BCUT2D eigenvalue weighted by molar-refractivity contribution is 0.816. The largest absolute Gasteiger partial charge is 0.0588 e. The maximum Gasteiger partial charge on any atom is -0.0238 e. The molecule has 4 aromatic rings. The number of hydrogen-bond acceptors (Lipinski definition) is 0. The SMILES string of the molecule is c1cc2ccc1CCCc1ccc(cc1)CCc1ccc(cc1)CCCc1ccc(cc1)CC2. The molecule has 0 amide bonds. The molecule has 8 bridgehead atoms. The fourth-order valence-electron chi connectivity index (χ4n) is 5.06. The van der Waals surface area contributed by atoms with Crippen molar-refractivity contribution in [2.24, 2.45) is 0 Å². The summed E-state index contributed by atoms with van der Waals surface area (Å²) in [7, 11) is 0. The molecule has 0 fully saturated rings. The van der Waals surface area contributed by atoms with E-state index in [4.69, 9.17) is 0 Å². The van der Waals surface area contributed by atoms with Gasteiger partial charge in [0.25, 0.3) is 0 Å². The normalized spacial score (nSPS) is 15.1. The molecule has 0 aliphatic heterocycles. The van der Waals surface area contributed by atoms with Gasteiger partial charge in [-0.2, -0.15) is 0 Å². The van der Waals surface area contributed by atoms with Crippen LogP contribution in [-0.2, 0) is 51.4 Å². The van der Waals surface area contributed by atoms with E-state index in [0.717, 1.165) is 51.4 Å². The van der Waals surface area contributed by atoms with Crippen molar-refractivity contribution in [3.05, 3.63) is 142 Å². The van der Waals surface area contributed by atoms with Gasteiger partial charge in [0.05, 0.1) is 0 Å². The van der Waals surface area contributed by atoms with Gasteiger partial charge < -0.3 is 0 Å². The zero-order chi connectivity index (χ0) is 23.0. The first-order valence-corrected chi connectivity index (χ1v) is 13.1. The molecule has 172 valence electrons. The Labute approximate surface area is 205 Å². The van der Waals surface area contributed by atoms with E-state index >= 15 is 0 Å². The summed E-state index contributed by atoms with van der Waals surface area (Å²) in [6.07, 6.45) is 11.5. The summed E-state index contributed by atoms with van der Waals surface area (Å²) in [5.41, 5.74) is 11.6. The Bertz CT molecular complexity index is 955. The summed E-state index contributed by atoms with van der Waals surface area (Å²) in [4.78, 5) is 0. The summed E-state index contributed by atoms with van der Waals surface area (Å²) in [6, 6.07) is 37.3. The van der Waals surface area contributed by atoms with Crippen LogP contribution in [-0.4, -0.2) is 0 Å². The van der Waals surface area contributed by atoms with Gasteiger partial charge in [0.1, 0.15) is 0 Å². The zero-order valence-electron chi connectivity index (χ0n) is 20.3. The molecule has 0 nitrogen and oxygen atoms in total. The van der Waals surface area contributed by atoms with E-state index in [9.17, 15) is 0 Å². The van der Waals surface area contributed by atoms with E-state index in [2.05, 4.69) is 97.1 Å². The van der Waals surface area contributed by atoms with E-state index in [1.807, 2.05) is 0 Å². The topological polar surface area (TPSA) is 0 Å². The van der Waals surface area contributed by atoms with Crippen LogP contribution in [0.15, 0.2) is 97.1 Å². The number of rotatable bonds is 0. The maximum absolute atomic E-state index is 2.33. The fraction of sp³-hybridized carbons (Fsp3) is 0.294. The smallest absolute Gasteiger partial charge is 0.0238 e. The standard InChI is InChI=1S/C34H36/c1-3-27-7-15-31(16-8-27)23-25-33-19-11-29(12-20-33)5-2-6-30-13-21-34(22-14-30)26-24-32-17-9-28(4-1)10-18-32/h7-22H,1-6,23-26H2. The van der Waals surface area contributed by atoms with E-state index in [-0.39, 0.29) is 0 Å². The summed E-state index contributed by atoms with van der Waals surface area (Å²) in [5, 5.41) is 0. The first kappa shape index (κ1) is 22.7. The molecule has 4 aromatic carbocycles. The van der Waals surface area contributed by atoms with E-state index in [1.165, 1.54) is 57.3 Å². The molecule has 0 spiro atoms. The lowest BCUT2D eigenvalue weighted by atomic mass is 9.97. The monoisotopic (exact) mass is 444 g/mol. The van der Waals surface area contributed by atoms with Gasteiger partial charge >= 0.3 is 0 Å². The van der Waals surface area contributed by atoms with Crippen LogP contribution < -0.4 is 0 Å². The average Bonchev–Trinajstić information content (AvgIpc) is 2.89.